The van der Waals surface area contributed by atoms with Gasteiger partial charge in [-0.1, -0.05) is 41.5 Å². The maximum atomic E-state index is 11.1. The molecule has 10 heteroatoms. The third-order valence-electron chi connectivity index (χ3n) is 5.76. The third-order valence-corrected chi connectivity index (χ3v) is 8.15. The molecule has 1 N–H and O–H groups in total. The van der Waals surface area contributed by atoms with Crippen molar-refractivity contribution in [3.05, 3.63) is 69.0 Å². The minimum absolute atomic E-state index is 0.268. The number of allylic oxidation sites excluding steroid dienone is 2. The summed E-state index contributed by atoms with van der Waals surface area (Å²) in [5.74, 6) is 1.09. The number of ether oxygens (including phenoxy) is 1. The van der Waals surface area contributed by atoms with E-state index in [9.17, 15) is 8.42 Å². The number of nitrogens with zero attached hydrogens (tertiary/aromatic N) is 2. The number of unbranched alkanes of at least 4 members (excludes halogenated alkanes) is 1. The molecule has 2 aromatic carbocycles. The molecule has 0 amide bonds. The molecule has 0 saturated carbocycles. The first-order chi connectivity index (χ1) is 16.7. The smallest absolute Gasteiger partial charge is 0.264 e. The molecule has 1 aliphatic rings. The van der Waals surface area contributed by atoms with Crippen LogP contribution in [0.2, 0.25) is 10.0 Å². The van der Waals surface area contributed by atoms with Crippen molar-refractivity contribution in [3.63, 3.8) is 0 Å². The topological polar surface area (TPSA) is 70.7 Å². The predicted octanol–water partition coefficient (Wildman–Crippen LogP) is 6.72. The van der Waals surface area contributed by atoms with E-state index in [1.807, 2.05) is 41.3 Å². The molecule has 0 bridgehead atoms. The normalized spacial score (nSPS) is 15.2. The molecule has 0 aliphatic carbocycles. The van der Waals surface area contributed by atoms with Crippen LogP contribution in [0, 0.1) is 0 Å². The van der Waals surface area contributed by atoms with Crippen LogP contribution in [0.4, 0.5) is 5.69 Å². The Balaban J connectivity index is 1.67. The lowest BCUT2D eigenvalue weighted by Crippen LogP contribution is -2.33. The Hall–Kier alpha value is -2.10. The number of anilines is 1. The number of thiazole rings is 1. The van der Waals surface area contributed by atoms with Crippen LogP contribution in [0.5, 0.6) is 5.75 Å². The Morgan fingerprint density at radius 1 is 1.14 bits per heavy atom. The van der Waals surface area contributed by atoms with Gasteiger partial charge >= 0.3 is 0 Å². The average molecular weight is 555 g/mol. The van der Waals surface area contributed by atoms with Gasteiger partial charge in [-0.2, -0.15) is 13.0 Å². The fraction of sp³-hybridized carbons (Fsp3) is 0.320. The average Bonchev–Trinajstić information content (AvgIpc) is 3.31. The summed E-state index contributed by atoms with van der Waals surface area (Å²) in [5.41, 5.74) is 3.03. The number of fused-ring (bicyclic) bond motifs is 2. The number of halogens is 2. The van der Waals surface area contributed by atoms with Crippen LogP contribution in [0.25, 0.3) is 16.3 Å². The molecule has 1 aromatic heterocycles. The van der Waals surface area contributed by atoms with Crippen LogP contribution in [0.3, 0.4) is 0 Å². The summed E-state index contributed by atoms with van der Waals surface area (Å²) in [7, 11) is -3.98. The maximum absolute atomic E-state index is 11.1. The lowest BCUT2D eigenvalue weighted by Gasteiger charge is -2.18. The van der Waals surface area contributed by atoms with Crippen molar-refractivity contribution in [2.24, 2.45) is 0 Å². The van der Waals surface area contributed by atoms with Gasteiger partial charge in [0.25, 0.3) is 15.1 Å². The first-order valence-electron chi connectivity index (χ1n) is 11.4. The van der Waals surface area contributed by atoms with E-state index in [1.165, 1.54) is 4.70 Å². The van der Waals surface area contributed by atoms with Crippen LogP contribution in [-0.2, 0) is 16.7 Å². The molecule has 4 rings (SSSR count). The highest BCUT2D eigenvalue weighted by atomic mass is 35.5. The van der Waals surface area contributed by atoms with Crippen LogP contribution in [0.1, 0.15) is 38.1 Å². The highest BCUT2D eigenvalue weighted by molar-refractivity contribution is 7.85. The summed E-state index contributed by atoms with van der Waals surface area (Å²) in [5, 5.41) is 2.43. The Bertz CT molecular complexity index is 1410. The van der Waals surface area contributed by atoms with E-state index >= 15 is 0 Å². The summed E-state index contributed by atoms with van der Waals surface area (Å²) in [4.78, 5) is 2.01. The SMILES string of the molecule is CCC(/C=C1\Oc2ccc(Cl)cc2N1CCCCS(=O)(=O)O)=C\c1sc2ccc(Cl)cc2[n+]1CC. The molecular formula is C25H27Cl2N2O4S2+. The number of aryl methyl sites for hydroxylation is 1. The van der Waals surface area contributed by atoms with Gasteiger partial charge in [0.15, 0.2) is 5.75 Å². The summed E-state index contributed by atoms with van der Waals surface area (Å²) in [6.45, 7) is 5.56. The summed E-state index contributed by atoms with van der Waals surface area (Å²) in [6, 6.07) is 11.4. The van der Waals surface area contributed by atoms with Crippen LogP contribution in [0.15, 0.2) is 53.9 Å². The zero-order valence-electron chi connectivity index (χ0n) is 19.5. The molecule has 0 atom stereocenters. The van der Waals surface area contributed by atoms with Crippen LogP contribution in [-0.4, -0.2) is 25.3 Å². The summed E-state index contributed by atoms with van der Waals surface area (Å²) in [6.07, 6.45) is 5.89. The van der Waals surface area contributed by atoms with E-state index in [0.717, 1.165) is 34.8 Å². The number of aromatic nitrogens is 1. The number of benzene rings is 2. The predicted molar refractivity (Wildman–Crippen MR) is 144 cm³/mol. The van der Waals surface area contributed by atoms with Crippen molar-refractivity contribution >= 4 is 66.6 Å². The van der Waals surface area contributed by atoms with E-state index in [2.05, 4.69) is 24.5 Å². The molecule has 2 heterocycles. The molecule has 0 saturated heterocycles. The van der Waals surface area contributed by atoms with Crippen molar-refractivity contribution in [3.8, 4) is 5.75 Å². The van der Waals surface area contributed by atoms with E-state index < -0.39 is 10.1 Å². The maximum Gasteiger partial charge on any atom is 0.264 e. The largest absolute Gasteiger partial charge is 0.439 e. The Morgan fingerprint density at radius 2 is 1.89 bits per heavy atom. The van der Waals surface area contributed by atoms with Crippen LogP contribution >= 0.6 is 34.5 Å². The highest BCUT2D eigenvalue weighted by Crippen LogP contribution is 2.41. The molecule has 0 fully saturated rings. The van der Waals surface area contributed by atoms with E-state index in [4.69, 9.17) is 32.5 Å². The van der Waals surface area contributed by atoms with E-state index in [-0.39, 0.29) is 5.75 Å². The van der Waals surface area contributed by atoms with E-state index in [0.29, 0.717) is 41.1 Å². The second-order valence-corrected chi connectivity index (χ2v) is 11.7. The van der Waals surface area contributed by atoms with Gasteiger partial charge in [-0.25, -0.2) is 0 Å². The molecule has 35 heavy (non-hydrogen) atoms. The van der Waals surface area contributed by atoms with Crippen molar-refractivity contribution in [1.29, 1.82) is 0 Å². The van der Waals surface area contributed by atoms with Gasteiger partial charge in [-0.3, -0.25) is 4.55 Å². The van der Waals surface area contributed by atoms with Gasteiger partial charge in [0, 0.05) is 34.8 Å². The van der Waals surface area contributed by atoms with Crippen molar-refractivity contribution in [2.75, 3.05) is 17.2 Å². The Kier molecular flexibility index (Phi) is 8.08. The fourth-order valence-electron chi connectivity index (χ4n) is 4.04. The summed E-state index contributed by atoms with van der Waals surface area (Å²) >= 11 is 14.2. The molecule has 6 nitrogen and oxygen atoms in total. The molecule has 186 valence electrons. The Labute approximate surface area is 219 Å². The van der Waals surface area contributed by atoms with Gasteiger partial charge in [0.2, 0.25) is 11.4 Å². The number of hydrogen-bond donors (Lipinski definition) is 1. The fourth-order valence-corrected chi connectivity index (χ4v) is 6.12. The zero-order chi connectivity index (χ0) is 25.2. The summed E-state index contributed by atoms with van der Waals surface area (Å²) < 4.78 is 40.8. The molecule has 0 radical (unpaired) electrons. The molecular weight excluding hydrogens is 527 g/mol. The standard InChI is InChI=1S/C25H26Cl2N2O4S2/c1-3-17(14-25-28(4-2)21-16-19(27)8-10-23(21)34-25)13-24-29(11-5-6-12-35(30,31)32)20-15-18(26)7-9-22(20)33-24/h7-10,13-16H,3-6,11-12H2,1-2H3/p+1. The van der Waals surface area contributed by atoms with Crippen LogP contribution < -0.4 is 14.2 Å². The lowest BCUT2D eigenvalue weighted by molar-refractivity contribution is -0.665. The second-order valence-electron chi connectivity index (χ2n) is 8.21. The third kappa shape index (κ3) is 6.19. The van der Waals surface area contributed by atoms with Crippen molar-refractivity contribution in [2.45, 2.75) is 39.7 Å². The van der Waals surface area contributed by atoms with Gasteiger partial charge < -0.3 is 9.64 Å². The number of hydrogen-bond acceptors (Lipinski definition) is 5. The first-order valence-corrected chi connectivity index (χ1v) is 14.6. The van der Waals surface area contributed by atoms with Crippen molar-refractivity contribution in [1.82, 2.24) is 0 Å². The van der Waals surface area contributed by atoms with Gasteiger partial charge in [0.05, 0.1) is 11.4 Å². The lowest BCUT2D eigenvalue weighted by atomic mass is 10.1. The Morgan fingerprint density at radius 3 is 2.60 bits per heavy atom. The van der Waals surface area contributed by atoms with Crippen molar-refractivity contribution < 1.29 is 22.3 Å². The monoisotopic (exact) mass is 553 g/mol. The van der Waals surface area contributed by atoms with E-state index in [1.54, 1.807) is 17.4 Å². The minimum Gasteiger partial charge on any atom is -0.439 e. The zero-order valence-corrected chi connectivity index (χ0v) is 22.6. The quantitative estimate of drug-likeness (QED) is 0.181. The molecule has 3 aromatic rings. The molecule has 1 aliphatic heterocycles. The number of rotatable bonds is 9. The van der Waals surface area contributed by atoms with Gasteiger partial charge in [-0.05, 0) is 62.1 Å². The second kappa shape index (κ2) is 10.9. The molecule has 0 spiro atoms. The minimum atomic E-state index is -3.98. The highest BCUT2D eigenvalue weighted by Gasteiger charge is 2.27. The van der Waals surface area contributed by atoms with Gasteiger partial charge in [0.1, 0.15) is 11.2 Å². The van der Waals surface area contributed by atoms with Gasteiger partial charge in [-0.15, -0.1) is 0 Å². The molecule has 0 unspecified atom stereocenters. The first kappa shape index (κ1) is 26.0.